The van der Waals surface area contributed by atoms with Gasteiger partial charge in [0.25, 0.3) is 0 Å². The van der Waals surface area contributed by atoms with Crippen LogP contribution in [0.2, 0.25) is 0 Å². The van der Waals surface area contributed by atoms with Crippen LogP contribution in [0.1, 0.15) is 45.6 Å². The molecule has 11 N–H and O–H groups in total. The van der Waals surface area contributed by atoms with Crippen molar-refractivity contribution in [3.8, 4) is 5.75 Å². The normalized spacial score (nSPS) is 14.1. The lowest BCUT2D eigenvalue weighted by Crippen LogP contribution is -2.57. The van der Waals surface area contributed by atoms with Gasteiger partial charge in [0, 0.05) is 13.0 Å². The fourth-order valence-corrected chi connectivity index (χ4v) is 3.39. The average molecular weight is 522 g/mol. The summed E-state index contributed by atoms with van der Waals surface area (Å²) in [6.07, 6.45) is 0.671. The monoisotopic (exact) mass is 521 g/mol. The van der Waals surface area contributed by atoms with Crippen LogP contribution in [-0.4, -0.2) is 70.6 Å². The Balaban J connectivity index is 3.06. The topological polar surface area (TPSA) is 235 Å². The number of nitrogens with one attached hydrogen (secondary N) is 3. The first-order valence-electron chi connectivity index (χ1n) is 12.0. The number of nitrogens with zero attached hydrogens (tertiary/aromatic N) is 1. The molecule has 0 spiro atoms. The molecule has 0 aliphatic heterocycles. The van der Waals surface area contributed by atoms with Gasteiger partial charge in [0.1, 0.15) is 23.9 Å². The molecule has 4 unspecified atom stereocenters. The number of carboxylic acids is 1. The molecule has 0 aliphatic carbocycles. The highest BCUT2D eigenvalue weighted by Crippen LogP contribution is 2.12. The maximum Gasteiger partial charge on any atom is 0.326 e. The average Bonchev–Trinajstić information content (AvgIpc) is 2.80. The van der Waals surface area contributed by atoms with Gasteiger partial charge in [0.05, 0.1) is 6.04 Å². The lowest BCUT2D eigenvalue weighted by molar-refractivity contribution is -0.142. The summed E-state index contributed by atoms with van der Waals surface area (Å²) in [6.45, 7) is 5.42. The third kappa shape index (κ3) is 12.1. The molecule has 13 heteroatoms. The largest absolute Gasteiger partial charge is 0.508 e. The van der Waals surface area contributed by atoms with Crippen molar-refractivity contribution >= 4 is 29.7 Å². The van der Waals surface area contributed by atoms with Crippen LogP contribution in [-0.2, 0) is 25.6 Å². The van der Waals surface area contributed by atoms with E-state index in [9.17, 15) is 29.4 Å². The molecule has 0 radical (unpaired) electrons. The second-order valence-corrected chi connectivity index (χ2v) is 9.26. The molecule has 0 aromatic heterocycles. The van der Waals surface area contributed by atoms with Gasteiger partial charge in [-0.1, -0.05) is 26.0 Å². The van der Waals surface area contributed by atoms with E-state index in [1.807, 2.05) is 13.8 Å². The molecule has 0 heterocycles. The number of phenols is 1. The van der Waals surface area contributed by atoms with Crippen molar-refractivity contribution in [2.75, 3.05) is 6.54 Å². The number of aliphatic carboxylic acids is 1. The molecule has 1 rings (SSSR count). The number of phenolic OH excluding ortho intramolecular Hbond substituents is 1. The molecule has 0 saturated heterocycles. The minimum absolute atomic E-state index is 0.0234. The number of benzene rings is 1. The van der Waals surface area contributed by atoms with Crippen molar-refractivity contribution in [3.05, 3.63) is 29.8 Å². The molecule has 4 atom stereocenters. The molecule has 0 aliphatic rings. The maximum atomic E-state index is 13.1. The van der Waals surface area contributed by atoms with Gasteiger partial charge in [-0.15, -0.1) is 0 Å². The minimum Gasteiger partial charge on any atom is -0.508 e. The highest BCUT2D eigenvalue weighted by molar-refractivity contribution is 5.94. The van der Waals surface area contributed by atoms with Crippen LogP contribution >= 0.6 is 0 Å². The van der Waals surface area contributed by atoms with Crippen LogP contribution in [0.15, 0.2) is 29.3 Å². The van der Waals surface area contributed by atoms with Crippen molar-refractivity contribution in [2.24, 2.45) is 28.1 Å². The number of aromatic hydroxyl groups is 1. The first kappa shape index (κ1) is 31.2. The Labute approximate surface area is 216 Å². The van der Waals surface area contributed by atoms with Gasteiger partial charge in [-0.2, -0.15) is 0 Å². The van der Waals surface area contributed by atoms with E-state index in [4.69, 9.17) is 17.2 Å². The zero-order chi connectivity index (χ0) is 28.1. The lowest BCUT2D eigenvalue weighted by atomic mass is 10.0. The van der Waals surface area contributed by atoms with Crippen LogP contribution in [0.4, 0.5) is 0 Å². The third-order valence-corrected chi connectivity index (χ3v) is 5.32. The number of hydrogen-bond acceptors (Lipinski definition) is 7. The molecule has 206 valence electrons. The maximum absolute atomic E-state index is 13.1. The van der Waals surface area contributed by atoms with Gasteiger partial charge < -0.3 is 43.4 Å². The number of carbonyl (C=O) groups excluding carboxylic acids is 3. The second-order valence-electron chi connectivity index (χ2n) is 9.26. The van der Waals surface area contributed by atoms with E-state index in [0.717, 1.165) is 0 Å². The van der Waals surface area contributed by atoms with Crippen LogP contribution in [0.3, 0.4) is 0 Å². The quantitative estimate of drug-likeness (QED) is 0.0794. The molecular formula is C24H39N7O6. The highest BCUT2D eigenvalue weighted by Gasteiger charge is 2.30. The fraction of sp³-hybridized carbons (Fsp3) is 0.542. The van der Waals surface area contributed by atoms with Crippen LogP contribution in [0.25, 0.3) is 0 Å². The Morgan fingerprint density at radius 1 is 0.892 bits per heavy atom. The van der Waals surface area contributed by atoms with Crippen molar-refractivity contribution in [1.82, 2.24) is 16.0 Å². The van der Waals surface area contributed by atoms with Crippen LogP contribution in [0.5, 0.6) is 5.75 Å². The molecule has 0 fully saturated rings. The first-order valence-corrected chi connectivity index (χ1v) is 12.0. The molecule has 13 nitrogen and oxygen atoms in total. The van der Waals surface area contributed by atoms with E-state index in [1.165, 1.54) is 19.1 Å². The fourth-order valence-electron chi connectivity index (χ4n) is 3.39. The molecule has 3 amide bonds. The number of carbonyl (C=O) groups is 4. The summed E-state index contributed by atoms with van der Waals surface area (Å²) in [5.74, 6) is -3.17. The van der Waals surface area contributed by atoms with Gasteiger partial charge in [-0.3, -0.25) is 19.4 Å². The summed E-state index contributed by atoms with van der Waals surface area (Å²) < 4.78 is 0. The molecule has 0 saturated carbocycles. The standard InChI is InChI=1S/C24H39N7O6/c1-13(2)11-18(30-20(33)14(3)25)22(35)29-17(5-4-10-28-24(26)27)21(34)31-19(23(36)37)12-15-6-8-16(32)9-7-15/h6-9,13-14,17-19,32H,4-5,10-12,25H2,1-3H3,(H,29,35)(H,30,33)(H,31,34)(H,36,37)(H4,26,27,28). The number of nitrogens with two attached hydrogens (primary N) is 3. The number of guanidine groups is 1. The summed E-state index contributed by atoms with van der Waals surface area (Å²) >= 11 is 0. The summed E-state index contributed by atoms with van der Waals surface area (Å²) in [7, 11) is 0. The van der Waals surface area contributed by atoms with Crippen LogP contribution in [0, 0.1) is 5.92 Å². The Hall–Kier alpha value is -3.87. The number of hydrogen-bond donors (Lipinski definition) is 8. The Bertz CT molecular complexity index is 945. The number of rotatable bonds is 15. The smallest absolute Gasteiger partial charge is 0.326 e. The van der Waals surface area contributed by atoms with Gasteiger partial charge >= 0.3 is 5.97 Å². The van der Waals surface area contributed by atoms with E-state index >= 15 is 0 Å². The van der Waals surface area contributed by atoms with E-state index < -0.39 is 47.9 Å². The van der Waals surface area contributed by atoms with E-state index in [-0.39, 0.29) is 37.0 Å². The van der Waals surface area contributed by atoms with Gasteiger partial charge in [-0.05, 0) is 49.8 Å². The number of carboxylic acid groups (broad SMARTS) is 1. The molecule has 1 aromatic carbocycles. The second kappa shape index (κ2) is 15.3. The Morgan fingerprint density at radius 2 is 1.43 bits per heavy atom. The summed E-state index contributed by atoms with van der Waals surface area (Å²) in [4.78, 5) is 54.0. The third-order valence-electron chi connectivity index (χ3n) is 5.32. The zero-order valence-electron chi connectivity index (χ0n) is 21.4. The Kier molecular flexibility index (Phi) is 12.9. The van der Waals surface area contributed by atoms with Crippen molar-refractivity contribution < 1.29 is 29.4 Å². The van der Waals surface area contributed by atoms with Gasteiger partial charge in [0.2, 0.25) is 17.7 Å². The Morgan fingerprint density at radius 3 is 1.95 bits per heavy atom. The number of aliphatic imine (C=N–C) groups is 1. The van der Waals surface area contributed by atoms with Crippen molar-refractivity contribution in [2.45, 2.75) is 70.6 Å². The molecular weight excluding hydrogens is 482 g/mol. The molecule has 0 bridgehead atoms. The van der Waals surface area contributed by atoms with Crippen LogP contribution < -0.4 is 33.2 Å². The van der Waals surface area contributed by atoms with Crippen molar-refractivity contribution in [1.29, 1.82) is 0 Å². The van der Waals surface area contributed by atoms with E-state index in [2.05, 4.69) is 20.9 Å². The zero-order valence-corrected chi connectivity index (χ0v) is 21.4. The molecule has 1 aromatic rings. The van der Waals surface area contributed by atoms with Gasteiger partial charge in [-0.25, -0.2) is 4.79 Å². The lowest BCUT2D eigenvalue weighted by Gasteiger charge is -2.25. The molecule has 37 heavy (non-hydrogen) atoms. The first-order chi connectivity index (χ1) is 17.3. The predicted molar refractivity (Wildman–Crippen MR) is 138 cm³/mol. The number of amides is 3. The SMILES string of the molecule is CC(C)CC(NC(=O)C(C)N)C(=O)NC(CCCN=C(N)N)C(=O)NC(Cc1ccc(O)cc1)C(=O)O. The van der Waals surface area contributed by atoms with Crippen molar-refractivity contribution in [3.63, 3.8) is 0 Å². The summed E-state index contributed by atoms with van der Waals surface area (Å²) in [6, 6.07) is 1.72. The van der Waals surface area contributed by atoms with E-state index in [0.29, 0.717) is 18.4 Å². The summed E-state index contributed by atoms with van der Waals surface area (Å²) in [5.41, 5.74) is 16.9. The van der Waals surface area contributed by atoms with Gasteiger partial charge in [0.15, 0.2) is 5.96 Å². The highest BCUT2D eigenvalue weighted by atomic mass is 16.4. The minimum atomic E-state index is -1.29. The predicted octanol–water partition coefficient (Wildman–Crippen LogP) is -1.08. The summed E-state index contributed by atoms with van der Waals surface area (Å²) in [5, 5.41) is 26.8. The van der Waals surface area contributed by atoms with E-state index in [1.54, 1.807) is 12.1 Å².